The predicted molar refractivity (Wildman–Crippen MR) is 89.2 cm³/mol. The van der Waals surface area contributed by atoms with Gasteiger partial charge in [0.25, 0.3) is 0 Å². The fraction of sp³-hybridized carbons (Fsp3) is 0.556. The van der Waals surface area contributed by atoms with E-state index in [2.05, 4.69) is 0 Å². The van der Waals surface area contributed by atoms with Crippen LogP contribution in [0.3, 0.4) is 0 Å². The third-order valence-electron chi connectivity index (χ3n) is 3.60. The van der Waals surface area contributed by atoms with Crippen molar-refractivity contribution in [2.75, 3.05) is 6.61 Å². The van der Waals surface area contributed by atoms with Crippen molar-refractivity contribution < 1.29 is 24.5 Å². The van der Waals surface area contributed by atoms with Gasteiger partial charge in [0.2, 0.25) is 0 Å². The van der Waals surface area contributed by atoms with Gasteiger partial charge in [-0.3, -0.25) is 0 Å². The average molecular weight is 324 g/mol. The molecule has 0 bridgehead atoms. The van der Waals surface area contributed by atoms with Gasteiger partial charge in [-0.05, 0) is 39.3 Å². The minimum absolute atomic E-state index is 0.305. The smallest absolute Gasteiger partial charge is 0.108 e. The van der Waals surface area contributed by atoms with E-state index < -0.39 is 24.4 Å². The number of hydrogen-bond acceptors (Lipinski definition) is 5. The van der Waals surface area contributed by atoms with Gasteiger partial charge in [-0.15, -0.1) is 0 Å². The number of aliphatic hydroxyl groups is 3. The molecule has 0 aliphatic rings. The summed E-state index contributed by atoms with van der Waals surface area (Å²) < 4.78 is 10.8. The summed E-state index contributed by atoms with van der Waals surface area (Å²) in [6.45, 7) is 5.76. The Balaban J connectivity index is 2.36. The van der Waals surface area contributed by atoms with Crippen LogP contribution in [-0.4, -0.2) is 46.3 Å². The molecule has 4 unspecified atom stereocenters. The Bertz CT molecular complexity index is 491. The molecule has 0 spiro atoms. The Hall–Kier alpha value is -1.40. The molecule has 0 amide bonds. The molecule has 1 aromatic rings. The van der Waals surface area contributed by atoms with Gasteiger partial charge in [0.1, 0.15) is 23.7 Å². The summed E-state index contributed by atoms with van der Waals surface area (Å²) in [5.74, 6) is 1.56. The largest absolute Gasteiger partial charge is 0.466 e. The predicted octanol–water partition coefficient (Wildman–Crippen LogP) is 2.14. The van der Waals surface area contributed by atoms with Gasteiger partial charge in [0.05, 0.1) is 18.8 Å². The van der Waals surface area contributed by atoms with Crippen LogP contribution in [0.5, 0.6) is 0 Å². The minimum Gasteiger partial charge on any atom is -0.466 e. The Labute approximate surface area is 137 Å². The first kappa shape index (κ1) is 19.6. The molecule has 0 aromatic carbocycles. The molecule has 1 rings (SSSR count). The number of ether oxygens (including phenoxy) is 1. The van der Waals surface area contributed by atoms with Crippen molar-refractivity contribution in [2.45, 2.75) is 58.0 Å². The summed E-state index contributed by atoms with van der Waals surface area (Å²) in [7, 11) is 0. The van der Waals surface area contributed by atoms with E-state index in [-0.39, 0.29) is 0 Å². The van der Waals surface area contributed by atoms with Crippen molar-refractivity contribution in [3.8, 4) is 0 Å². The van der Waals surface area contributed by atoms with Crippen LogP contribution in [0.2, 0.25) is 0 Å². The zero-order valence-electron chi connectivity index (χ0n) is 14.1. The number of aryl methyl sites for hydroxylation is 2. The molecule has 0 radical (unpaired) electrons. The number of aliphatic hydroxyl groups excluding tert-OH is 3. The summed E-state index contributed by atoms with van der Waals surface area (Å²) in [6.07, 6.45) is 4.19. The molecular weight excluding hydrogens is 296 g/mol. The van der Waals surface area contributed by atoms with Crippen LogP contribution in [-0.2, 0) is 11.2 Å². The molecule has 0 aliphatic carbocycles. The highest BCUT2D eigenvalue weighted by molar-refractivity contribution is 5.05. The van der Waals surface area contributed by atoms with Gasteiger partial charge in [-0.1, -0.05) is 24.3 Å². The first-order chi connectivity index (χ1) is 11.0. The number of rotatable bonds is 10. The van der Waals surface area contributed by atoms with Crippen LogP contribution >= 0.6 is 0 Å². The molecule has 5 heteroatoms. The topological polar surface area (TPSA) is 83.1 Å². The summed E-state index contributed by atoms with van der Waals surface area (Å²) in [5, 5.41) is 30.1. The molecular formula is C18H28O5. The highest BCUT2D eigenvalue weighted by Crippen LogP contribution is 2.14. The van der Waals surface area contributed by atoms with Crippen LogP contribution in [0.15, 0.2) is 40.9 Å². The van der Waals surface area contributed by atoms with Crippen LogP contribution in [0, 0.1) is 6.92 Å². The molecule has 5 nitrogen and oxygen atoms in total. The number of allylic oxidation sites excluding steroid dienone is 3. The lowest BCUT2D eigenvalue weighted by Gasteiger charge is -2.27. The van der Waals surface area contributed by atoms with Gasteiger partial charge in [0.15, 0.2) is 0 Å². The third-order valence-corrected chi connectivity index (χ3v) is 3.60. The number of furan rings is 1. The molecule has 1 aromatic heterocycles. The second-order valence-electron chi connectivity index (χ2n) is 5.59. The highest BCUT2D eigenvalue weighted by Gasteiger charge is 2.29. The lowest BCUT2D eigenvalue weighted by molar-refractivity contribution is -0.115. The minimum atomic E-state index is -1.26. The molecule has 130 valence electrons. The molecule has 0 fully saturated rings. The van der Waals surface area contributed by atoms with Gasteiger partial charge in [0, 0.05) is 6.42 Å². The molecule has 0 aliphatic heterocycles. The highest BCUT2D eigenvalue weighted by atomic mass is 16.5. The fourth-order valence-corrected chi connectivity index (χ4v) is 2.14. The molecule has 0 saturated carbocycles. The Morgan fingerprint density at radius 1 is 1.17 bits per heavy atom. The van der Waals surface area contributed by atoms with Crippen LogP contribution in [0.1, 0.15) is 31.8 Å². The van der Waals surface area contributed by atoms with Crippen molar-refractivity contribution in [3.05, 3.63) is 48.0 Å². The standard InChI is InChI=1S/C18H28O5/c1-4-5-6-7-12-22-14(3)17(20)18(21)16(19)11-10-15-9-8-13(2)23-15/h4-9,14,16-21H,10-12H2,1-3H3/b5-4+,7-6+. The summed E-state index contributed by atoms with van der Waals surface area (Å²) in [6, 6.07) is 3.69. The van der Waals surface area contributed by atoms with E-state index in [1.165, 1.54) is 0 Å². The molecule has 1 heterocycles. The quantitative estimate of drug-likeness (QED) is 0.574. The van der Waals surface area contributed by atoms with Gasteiger partial charge < -0.3 is 24.5 Å². The maximum Gasteiger partial charge on any atom is 0.108 e. The molecule has 4 atom stereocenters. The van der Waals surface area contributed by atoms with E-state index in [0.29, 0.717) is 19.4 Å². The monoisotopic (exact) mass is 324 g/mol. The van der Waals surface area contributed by atoms with E-state index in [4.69, 9.17) is 9.15 Å². The lowest BCUT2D eigenvalue weighted by atomic mass is 10.00. The normalized spacial score (nSPS) is 17.7. The maximum absolute atomic E-state index is 10.1. The molecule has 0 saturated heterocycles. The molecule has 23 heavy (non-hydrogen) atoms. The summed E-state index contributed by atoms with van der Waals surface area (Å²) in [4.78, 5) is 0. The van der Waals surface area contributed by atoms with Crippen molar-refractivity contribution in [3.63, 3.8) is 0 Å². The second kappa shape index (κ2) is 10.4. The van der Waals surface area contributed by atoms with E-state index in [1.807, 2.05) is 50.3 Å². The summed E-state index contributed by atoms with van der Waals surface area (Å²) in [5.41, 5.74) is 0. The van der Waals surface area contributed by atoms with Crippen molar-refractivity contribution in [1.29, 1.82) is 0 Å². The third kappa shape index (κ3) is 7.14. The van der Waals surface area contributed by atoms with Crippen LogP contribution in [0.25, 0.3) is 0 Å². The second-order valence-corrected chi connectivity index (χ2v) is 5.59. The molecule has 3 N–H and O–H groups in total. The first-order valence-electron chi connectivity index (χ1n) is 7.94. The Morgan fingerprint density at radius 2 is 1.91 bits per heavy atom. The maximum atomic E-state index is 10.1. The SMILES string of the molecule is C/C=C/C=C/COC(C)C(O)C(O)C(O)CCc1ccc(C)o1. The zero-order valence-corrected chi connectivity index (χ0v) is 14.1. The Kier molecular flexibility index (Phi) is 8.87. The van der Waals surface area contributed by atoms with Crippen LogP contribution < -0.4 is 0 Å². The van der Waals surface area contributed by atoms with Gasteiger partial charge in [-0.2, -0.15) is 0 Å². The van der Waals surface area contributed by atoms with E-state index >= 15 is 0 Å². The van der Waals surface area contributed by atoms with Crippen LogP contribution in [0.4, 0.5) is 0 Å². The van der Waals surface area contributed by atoms with Crippen molar-refractivity contribution in [2.24, 2.45) is 0 Å². The first-order valence-corrected chi connectivity index (χ1v) is 7.94. The van der Waals surface area contributed by atoms with Gasteiger partial charge in [-0.25, -0.2) is 0 Å². The van der Waals surface area contributed by atoms with Crippen molar-refractivity contribution in [1.82, 2.24) is 0 Å². The average Bonchev–Trinajstić information content (AvgIpc) is 2.96. The number of hydrogen-bond donors (Lipinski definition) is 3. The summed E-state index contributed by atoms with van der Waals surface area (Å²) >= 11 is 0. The van der Waals surface area contributed by atoms with Gasteiger partial charge >= 0.3 is 0 Å². The zero-order chi connectivity index (χ0) is 17.2. The lowest BCUT2D eigenvalue weighted by Crippen LogP contribution is -2.44. The Morgan fingerprint density at radius 3 is 2.52 bits per heavy atom. The van der Waals surface area contributed by atoms with E-state index in [1.54, 1.807) is 6.92 Å². The van der Waals surface area contributed by atoms with Crippen molar-refractivity contribution >= 4 is 0 Å². The fourth-order valence-electron chi connectivity index (χ4n) is 2.14. The van der Waals surface area contributed by atoms with E-state index in [0.717, 1.165) is 11.5 Å². The van der Waals surface area contributed by atoms with E-state index in [9.17, 15) is 15.3 Å².